The number of nitrogens with one attached hydrogen (secondary N) is 1. The summed E-state index contributed by atoms with van der Waals surface area (Å²) in [6, 6.07) is 0. The van der Waals surface area contributed by atoms with E-state index in [0.717, 1.165) is 25.2 Å². The highest BCUT2D eigenvalue weighted by Crippen LogP contribution is 2.22. The molecule has 0 aliphatic heterocycles. The van der Waals surface area contributed by atoms with E-state index >= 15 is 0 Å². The van der Waals surface area contributed by atoms with Crippen LogP contribution in [0.5, 0.6) is 0 Å². The van der Waals surface area contributed by atoms with Crippen LogP contribution in [0.4, 0.5) is 0 Å². The Labute approximate surface area is 76.5 Å². The number of rotatable bonds is 4. The van der Waals surface area contributed by atoms with Gasteiger partial charge in [-0.05, 0) is 12.8 Å². The van der Waals surface area contributed by atoms with Gasteiger partial charge in [0.15, 0.2) is 0 Å². The predicted molar refractivity (Wildman–Crippen MR) is 54.7 cm³/mol. The highest BCUT2D eigenvalue weighted by atomic mass is 15.1. The molecule has 0 aromatic rings. The zero-order valence-electron chi connectivity index (χ0n) is 9.07. The fraction of sp³-hybridized carbons (Fsp3) is 0.900. The molecule has 0 unspecified atom stereocenters. The Morgan fingerprint density at radius 2 is 1.83 bits per heavy atom. The molecule has 0 rings (SSSR count). The van der Waals surface area contributed by atoms with Crippen molar-refractivity contribution >= 4 is 5.84 Å². The molecule has 0 amide bonds. The Morgan fingerprint density at radius 3 is 2.17 bits per heavy atom. The van der Waals surface area contributed by atoms with Crippen molar-refractivity contribution in [2.24, 2.45) is 5.41 Å². The summed E-state index contributed by atoms with van der Waals surface area (Å²) in [5.74, 6) is 0.756. The van der Waals surface area contributed by atoms with Crippen LogP contribution >= 0.6 is 0 Å². The second kappa shape index (κ2) is 4.48. The Kier molecular flexibility index (Phi) is 4.29. The molecule has 0 heterocycles. The fourth-order valence-electron chi connectivity index (χ4n) is 1.13. The third-order valence-corrected chi connectivity index (χ3v) is 2.47. The van der Waals surface area contributed by atoms with Gasteiger partial charge in [0.2, 0.25) is 0 Å². The summed E-state index contributed by atoms with van der Waals surface area (Å²) in [6.45, 7) is 9.52. The first kappa shape index (κ1) is 11.5. The second-order valence-corrected chi connectivity index (χ2v) is 4.01. The molecule has 0 aliphatic rings. The van der Waals surface area contributed by atoms with E-state index in [9.17, 15) is 0 Å². The molecule has 1 N–H and O–H groups in total. The van der Waals surface area contributed by atoms with E-state index in [1.807, 2.05) is 11.9 Å². The van der Waals surface area contributed by atoms with Crippen molar-refractivity contribution < 1.29 is 0 Å². The van der Waals surface area contributed by atoms with Gasteiger partial charge >= 0.3 is 0 Å². The Morgan fingerprint density at radius 1 is 1.33 bits per heavy atom. The smallest absolute Gasteiger partial charge is 0.101 e. The quantitative estimate of drug-likeness (QED) is 0.510. The van der Waals surface area contributed by atoms with E-state index in [4.69, 9.17) is 5.41 Å². The first-order valence-electron chi connectivity index (χ1n) is 4.75. The van der Waals surface area contributed by atoms with Crippen LogP contribution in [0.2, 0.25) is 0 Å². The van der Waals surface area contributed by atoms with Crippen molar-refractivity contribution in [1.29, 1.82) is 5.41 Å². The van der Waals surface area contributed by atoms with Crippen LogP contribution in [0.25, 0.3) is 0 Å². The summed E-state index contributed by atoms with van der Waals surface area (Å²) in [4.78, 5) is 2.05. The van der Waals surface area contributed by atoms with Crippen molar-refractivity contribution in [2.75, 3.05) is 13.6 Å². The van der Waals surface area contributed by atoms with E-state index in [0.29, 0.717) is 0 Å². The number of amidine groups is 1. The highest BCUT2D eigenvalue weighted by molar-refractivity contribution is 5.84. The van der Waals surface area contributed by atoms with Gasteiger partial charge in [0.05, 0.1) is 0 Å². The largest absolute Gasteiger partial charge is 0.363 e. The van der Waals surface area contributed by atoms with Crippen LogP contribution < -0.4 is 0 Å². The van der Waals surface area contributed by atoms with Crippen molar-refractivity contribution in [1.82, 2.24) is 4.90 Å². The molecule has 0 aromatic carbocycles. The molecule has 0 saturated heterocycles. The minimum Gasteiger partial charge on any atom is -0.363 e. The topological polar surface area (TPSA) is 27.1 Å². The monoisotopic (exact) mass is 170 g/mol. The lowest BCUT2D eigenvalue weighted by molar-refractivity contribution is 0.391. The third kappa shape index (κ3) is 2.84. The van der Waals surface area contributed by atoms with Crippen molar-refractivity contribution in [2.45, 2.75) is 40.5 Å². The molecular weight excluding hydrogens is 148 g/mol. The number of hydrogen-bond donors (Lipinski definition) is 1. The summed E-state index contributed by atoms with van der Waals surface area (Å²) in [5, 5.41) is 7.93. The van der Waals surface area contributed by atoms with Crippen molar-refractivity contribution in [3.63, 3.8) is 0 Å². The average molecular weight is 170 g/mol. The maximum atomic E-state index is 7.93. The van der Waals surface area contributed by atoms with Crippen molar-refractivity contribution in [3.8, 4) is 0 Å². The molecule has 0 radical (unpaired) electrons. The van der Waals surface area contributed by atoms with Crippen LogP contribution in [0.3, 0.4) is 0 Å². The molecule has 0 aliphatic carbocycles. The molecule has 2 heteroatoms. The Hall–Kier alpha value is -0.530. The molecule has 0 saturated carbocycles. The molecule has 0 bridgehead atoms. The lowest BCUT2D eigenvalue weighted by atomic mass is 9.88. The SMILES string of the molecule is CCCN(C)C(=N)C(C)(C)CC. The third-order valence-electron chi connectivity index (χ3n) is 2.47. The zero-order chi connectivity index (χ0) is 9.78. The molecule has 0 atom stereocenters. The van der Waals surface area contributed by atoms with Crippen LogP contribution in [0.15, 0.2) is 0 Å². The van der Waals surface area contributed by atoms with E-state index in [1.165, 1.54) is 0 Å². The van der Waals surface area contributed by atoms with Gasteiger partial charge in [0.25, 0.3) is 0 Å². The summed E-state index contributed by atoms with van der Waals surface area (Å²) in [7, 11) is 2.00. The average Bonchev–Trinajstić information content (AvgIpc) is 2.03. The minimum absolute atomic E-state index is 0.0317. The maximum Gasteiger partial charge on any atom is 0.101 e. The lowest BCUT2D eigenvalue weighted by Gasteiger charge is -2.31. The van der Waals surface area contributed by atoms with Crippen LogP contribution in [-0.2, 0) is 0 Å². The molecular formula is C10H22N2. The highest BCUT2D eigenvalue weighted by Gasteiger charge is 2.23. The van der Waals surface area contributed by atoms with Gasteiger partial charge in [0.1, 0.15) is 5.84 Å². The van der Waals surface area contributed by atoms with Crippen LogP contribution in [-0.4, -0.2) is 24.3 Å². The molecule has 0 fully saturated rings. The number of nitrogens with zero attached hydrogens (tertiary/aromatic N) is 1. The molecule has 0 aromatic heterocycles. The molecule has 2 nitrogen and oxygen atoms in total. The zero-order valence-corrected chi connectivity index (χ0v) is 9.07. The van der Waals surface area contributed by atoms with Crippen LogP contribution in [0, 0.1) is 10.8 Å². The number of hydrogen-bond acceptors (Lipinski definition) is 1. The summed E-state index contributed by atoms with van der Waals surface area (Å²) < 4.78 is 0. The van der Waals surface area contributed by atoms with Crippen LogP contribution in [0.1, 0.15) is 40.5 Å². The van der Waals surface area contributed by atoms with Gasteiger partial charge < -0.3 is 4.90 Å². The summed E-state index contributed by atoms with van der Waals surface area (Å²) >= 11 is 0. The van der Waals surface area contributed by atoms with Gasteiger partial charge in [-0.15, -0.1) is 0 Å². The van der Waals surface area contributed by atoms with E-state index in [1.54, 1.807) is 0 Å². The van der Waals surface area contributed by atoms with Crippen molar-refractivity contribution in [3.05, 3.63) is 0 Å². The fourth-order valence-corrected chi connectivity index (χ4v) is 1.13. The summed E-state index contributed by atoms with van der Waals surface area (Å²) in [6.07, 6.45) is 2.14. The van der Waals surface area contributed by atoms with E-state index < -0.39 is 0 Å². The second-order valence-electron chi connectivity index (χ2n) is 4.01. The van der Waals surface area contributed by atoms with E-state index in [-0.39, 0.29) is 5.41 Å². The minimum atomic E-state index is 0.0317. The molecule has 0 spiro atoms. The van der Waals surface area contributed by atoms with Gasteiger partial charge in [-0.3, -0.25) is 5.41 Å². The van der Waals surface area contributed by atoms with Gasteiger partial charge in [-0.25, -0.2) is 0 Å². The standard InChI is InChI=1S/C10H22N2/c1-6-8-12(5)9(11)10(3,4)7-2/h11H,6-8H2,1-5H3. The van der Waals surface area contributed by atoms with Gasteiger partial charge in [0, 0.05) is 19.0 Å². The lowest BCUT2D eigenvalue weighted by Crippen LogP contribution is -2.37. The first-order chi connectivity index (χ1) is 5.45. The molecule has 72 valence electrons. The maximum absolute atomic E-state index is 7.93. The van der Waals surface area contributed by atoms with E-state index in [2.05, 4.69) is 27.7 Å². The molecule has 12 heavy (non-hydrogen) atoms. The summed E-state index contributed by atoms with van der Waals surface area (Å²) in [5.41, 5.74) is 0.0317. The van der Waals surface area contributed by atoms with Gasteiger partial charge in [-0.2, -0.15) is 0 Å². The van der Waals surface area contributed by atoms with Gasteiger partial charge in [-0.1, -0.05) is 27.7 Å². The predicted octanol–water partition coefficient (Wildman–Crippen LogP) is 2.74. The Balaban J connectivity index is 4.18. The first-order valence-corrected chi connectivity index (χ1v) is 4.75. The Bertz CT molecular complexity index is 150. The normalized spacial score (nSPS) is 11.4.